The van der Waals surface area contributed by atoms with Gasteiger partial charge in [-0.2, -0.15) is 18.3 Å². The number of halogens is 4. The zero-order chi connectivity index (χ0) is 29.2. The van der Waals surface area contributed by atoms with Gasteiger partial charge < -0.3 is 26.3 Å². The Bertz CT molecular complexity index is 1400. The molecule has 2 atom stereocenters. The molecule has 1 saturated heterocycles. The molecule has 5 N–H and O–H groups in total. The average Bonchev–Trinajstić information content (AvgIpc) is 3.52. The summed E-state index contributed by atoms with van der Waals surface area (Å²) in [5.41, 5.74) is 10.8. The number of anilines is 1. The van der Waals surface area contributed by atoms with Crippen molar-refractivity contribution < 1.29 is 36.6 Å². The second-order valence-electron chi connectivity index (χ2n) is 9.60. The first-order valence-electron chi connectivity index (χ1n) is 12.4. The molecule has 1 aliphatic heterocycles. The van der Waals surface area contributed by atoms with Crippen LogP contribution in [0.15, 0.2) is 42.5 Å². The molecule has 0 bridgehead atoms. The van der Waals surface area contributed by atoms with E-state index in [1.807, 2.05) is 0 Å². The molecular weight excluding hydrogens is 534 g/mol. The van der Waals surface area contributed by atoms with Crippen molar-refractivity contribution in [1.29, 1.82) is 0 Å². The van der Waals surface area contributed by atoms with Gasteiger partial charge in [0.25, 0.3) is 11.8 Å². The number of primary amides is 1. The second-order valence-corrected chi connectivity index (χ2v) is 9.60. The third-order valence-electron chi connectivity index (χ3n) is 7.25. The summed E-state index contributed by atoms with van der Waals surface area (Å²) in [6.07, 6.45) is -4.43. The first-order chi connectivity index (χ1) is 18.9. The minimum Gasteiger partial charge on any atom is -0.496 e. The van der Waals surface area contributed by atoms with E-state index < -0.39 is 41.1 Å². The summed E-state index contributed by atoms with van der Waals surface area (Å²) in [5, 5.41) is 6.83. The molecule has 2 heterocycles. The van der Waals surface area contributed by atoms with Crippen molar-refractivity contribution in [1.82, 2.24) is 15.1 Å². The number of nitrogen functional groups attached to an aromatic ring is 1. The number of ether oxygens (including phenoxy) is 2. The highest BCUT2D eigenvalue weighted by Gasteiger charge is 2.57. The fraction of sp³-hybridized carbons (Fsp3) is 0.370. The zero-order valence-corrected chi connectivity index (χ0v) is 21.8. The minimum absolute atomic E-state index is 0.0166. The molecule has 40 heavy (non-hydrogen) atoms. The number of rotatable bonds is 9. The Labute approximate surface area is 227 Å². The Morgan fingerprint density at radius 2 is 1.93 bits per heavy atom. The van der Waals surface area contributed by atoms with Gasteiger partial charge in [0, 0.05) is 24.1 Å². The summed E-state index contributed by atoms with van der Waals surface area (Å²) in [4.78, 5) is 24.9. The molecule has 1 aromatic heterocycles. The molecule has 0 saturated carbocycles. The Morgan fingerprint density at radius 1 is 1.23 bits per heavy atom. The molecule has 2 unspecified atom stereocenters. The third kappa shape index (κ3) is 5.46. The number of nitrogens with zero attached hydrogens (tertiary/aromatic N) is 2. The summed E-state index contributed by atoms with van der Waals surface area (Å²) in [6.45, 7) is 1.73. The fourth-order valence-corrected chi connectivity index (χ4v) is 5.06. The molecule has 1 fully saturated rings. The van der Waals surface area contributed by atoms with E-state index in [2.05, 4.69) is 10.4 Å². The van der Waals surface area contributed by atoms with E-state index in [0.29, 0.717) is 15.8 Å². The van der Waals surface area contributed by atoms with Gasteiger partial charge in [0.15, 0.2) is 6.04 Å². The number of methoxy groups -OCH3 is 1. The zero-order valence-electron chi connectivity index (χ0n) is 21.8. The van der Waals surface area contributed by atoms with Gasteiger partial charge >= 0.3 is 6.18 Å². The van der Waals surface area contributed by atoms with Crippen LogP contribution in [-0.2, 0) is 11.3 Å². The predicted octanol–water partition coefficient (Wildman–Crippen LogP) is 4.23. The minimum atomic E-state index is -4.73. The maximum atomic E-state index is 14.5. The molecule has 0 radical (unpaired) electrons. The highest BCUT2D eigenvalue weighted by molar-refractivity contribution is 6.03. The van der Waals surface area contributed by atoms with E-state index >= 15 is 0 Å². The van der Waals surface area contributed by atoms with Crippen LogP contribution in [0.1, 0.15) is 52.1 Å². The third-order valence-corrected chi connectivity index (χ3v) is 7.25. The normalized spacial score (nSPS) is 17.9. The molecular formula is C27H29F4N5O4. The lowest BCUT2D eigenvalue weighted by Gasteiger charge is -2.37. The molecule has 3 aromatic rings. The maximum Gasteiger partial charge on any atom is 0.411 e. The average molecular weight is 564 g/mol. The van der Waals surface area contributed by atoms with Crippen LogP contribution in [0.2, 0.25) is 0 Å². The first-order valence-corrected chi connectivity index (χ1v) is 12.4. The highest BCUT2D eigenvalue weighted by atomic mass is 19.4. The molecule has 0 aliphatic carbocycles. The van der Waals surface area contributed by atoms with Crippen molar-refractivity contribution in [3.63, 3.8) is 0 Å². The number of aromatic nitrogens is 2. The van der Waals surface area contributed by atoms with Crippen LogP contribution in [0.5, 0.6) is 5.75 Å². The van der Waals surface area contributed by atoms with Gasteiger partial charge in [0.1, 0.15) is 28.6 Å². The largest absolute Gasteiger partial charge is 0.496 e. The van der Waals surface area contributed by atoms with Crippen molar-refractivity contribution >= 4 is 17.6 Å². The monoisotopic (exact) mass is 563 g/mol. The van der Waals surface area contributed by atoms with Crippen LogP contribution in [0.4, 0.5) is 23.4 Å². The van der Waals surface area contributed by atoms with E-state index in [9.17, 15) is 27.2 Å². The predicted molar refractivity (Wildman–Crippen MR) is 138 cm³/mol. The fourth-order valence-electron chi connectivity index (χ4n) is 5.06. The van der Waals surface area contributed by atoms with Crippen molar-refractivity contribution in [2.75, 3.05) is 26.1 Å². The van der Waals surface area contributed by atoms with Crippen molar-refractivity contribution in [3.05, 3.63) is 65.0 Å². The van der Waals surface area contributed by atoms with Gasteiger partial charge in [0.05, 0.1) is 19.3 Å². The number of amides is 2. The molecule has 1 aliphatic rings. The lowest BCUT2D eigenvalue weighted by molar-refractivity contribution is -0.202. The molecule has 4 rings (SSSR count). The van der Waals surface area contributed by atoms with Crippen LogP contribution < -0.4 is 21.5 Å². The SMILES string of the molecule is CCC1(C(n2nc(-c3ccc(CNC(=O)c4cc(F)ccc4OC)cc3)c(C(N)=O)c2N)C(F)(F)F)CCOC1. The lowest BCUT2D eigenvalue weighted by atomic mass is 9.76. The highest BCUT2D eigenvalue weighted by Crippen LogP contribution is 2.51. The van der Waals surface area contributed by atoms with Gasteiger partial charge in [-0.15, -0.1) is 0 Å². The van der Waals surface area contributed by atoms with E-state index in [-0.39, 0.29) is 55.2 Å². The van der Waals surface area contributed by atoms with Crippen LogP contribution >= 0.6 is 0 Å². The molecule has 9 nitrogen and oxygen atoms in total. The second kappa shape index (κ2) is 11.2. The van der Waals surface area contributed by atoms with Gasteiger partial charge in [0.2, 0.25) is 0 Å². The van der Waals surface area contributed by atoms with Crippen LogP contribution in [0.25, 0.3) is 11.3 Å². The summed E-state index contributed by atoms with van der Waals surface area (Å²) < 4.78 is 68.1. The molecule has 0 spiro atoms. The standard InChI is InChI=1S/C27H29F4N5O4/c1-3-26(10-11-40-14-26)25(27(29,30)31)36-22(32)20(23(33)37)21(35-36)16-6-4-15(5-7-16)13-34-24(38)18-12-17(28)8-9-19(18)39-2/h4-9,12,25H,3,10-11,13-14,32H2,1-2H3,(H2,33,37)(H,34,38). The topological polar surface area (TPSA) is 134 Å². The Morgan fingerprint density at radius 3 is 2.48 bits per heavy atom. The van der Waals surface area contributed by atoms with E-state index in [1.54, 1.807) is 19.1 Å². The first kappa shape index (κ1) is 28.9. The van der Waals surface area contributed by atoms with Gasteiger partial charge in [-0.3, -0.25) is 9.59 Å². The van der Waals surface area contributed by atoms with E-state index in [1.165, 1.54) is 31.4 Å². The Balaban J connectivity index is 1.63. The van der Waals surface area contributed by atoms with E-state index in [0.717, 1.165) is 6.07 Å². The number of carbonyl (C=O) groups is 2. The van der Waals surface area contributed by atoms with Gasteiger partial charge in [-0.25, -0.2) is 9.07 Å². The number of nitrogens with two attached hydrogens (primary N) is 2. The molecule has 13 heteroatoms. The number of nitrogens with one attached hydrogen (secondary N) is 1. The summed E-state index contributed by atoms with van der Waals surface area (Å²) in [7, 11) is 1.36. The summed E-state index contributed by atoms with van der Waals surface area (Å²) in [6, 6.07) is 7.68. The smallest absolute Gasteiger partial charge is 0.411 e. The quantitative estimate of drug-likeness (QED) is 0.334. The molecule has 2 aromatic carbocycles. The molecule has 214 valence electrons. The molecule has 2 amide bonds. The Kier molecular flexibility index (Phi) is 8.05. The van der Waals surface area contributed by atoms with Crippen molar-refractivity contribution in [3.8, 4) is 17.0 Å². The van der Waals surface area contributed by atoms with Crippen molar-refractivity contribution in [2.24, 2.45) is 11.1 Å². The van der Waals surface area contributed by atoms with Gasteiger partial charge in [-0.05, 0) is 36.6 Å². The van der Waals surface area contributed by atoms with Gasteiger partial charge in [-0.1, -0.05) is 31.2 Å². The van der Waals surface area contributed by atoms with Crippen molar-refractivity contribution in [2.45, 2.75) is 38.5 Å². The number of hydrogen-bond acceptors (Lipinski definition) is 6. The number of benzene rings is 2. The number of alkyl halides is 3. The van der Waals surface area contributed by atoms with Crippen LogP contribution in [0.3, 0.4) is 0 Å². The maximum absolute atomic E-state index is 14.5. The number of carbonyl (C=O) groups excluding carboxylic acids is 2. The summed E-state index contributed by atoms with van der Waals surface area (Å²) in [5.74, 6) is -2.47. The van der Waals surface area contributed by atoms with Crippen LogP contribution in [0, 0.1) is 11.2 Å². The lowest BCUT2D eigenvalue weighted by Crippen LogP contribution is -2.43. The summed E-state index contributed by atoms with van der Waals surface area (Å²) >= 11 is 0. The Hall–Kier alpha value is -4.13. The van der Waals surface area contributed by atoms with Crippen LogP contribution in [-0.4, -0.2) is 48.1 Å². The number of hydrogen-bond donors (Lipinski definition) is 3. The van der Waals surface area contributed by atoms with E-state index in [4.69, 9.17) is 20.9 Å².